The van der Waals surface area contributed by atoms with E-state index in [1.165, 1.54) is 0 Å². The highest BCUT2D eigenvalue weighted by Gasteiger charge is 2.20. The summed E-state index contributed by atoms with van der Waals surface area (Å²) in [5.41, 5.74) is 0.423. The predicted octanol–water partition coefficient (Wildman–Crippen LogP) is 6.12. The fourth-order valence-corrected chi connectivity index (χ4v) is 2.20. The molecule has 0 saturated heterocycles. The van der Waals surface area contributed by atoms with Crippen molar-refractivity contribution in [3.63, 3.8) is 0 Å². The lowest BCUT2D eigenvalue weighted by atomic mass is 10.00. The van der Waals surface area contributed by atoms with Gasteiger partial charge in [-0.3, -0.25) is 0 Å². The van der Waals surface area contributed by atoms with E-state index in [2.05, 4.69) is 0 Å². The first-order valence-electron chi connectivity index (χ1n) is 6.73. The summed E-state index contributed by atoms with van der Waals surface area (Å²) in [5, 5.41) is 0. The van der Waals surface area contributed by atoms with E-state index >= 15 is 0 Å². The molecule has 5 heteroatoms. The molecule has 0 aliphatic heterocycles. The van der Waals surface area contributed by atoms with Crippen LogP contribution in [0.2, 0.25) is 0 Å². The van der Waals surface area contributed by atoms with Crippen molar-refractivity contribution in [1.29, 1.82) is 0 Å². The second kappa shape index (κ2) is 6.73. The Balaban J connectivity index is 2.44. The lowest BCUT2D eigenvalue weighted by Crippen LogP contribution is -1.95. The van der Waals surface area contributed by atoms with Gasteiger partial charge in [-0.15, -0.1) is 0 Å². The maximum absolute atomic E-state index is 13.8. The quantitative estimate of drug-likeness (QED) is 0.597. The second-order valence-electron chi connectivity index (χ2n) is 4.84. The lowest BCUT2D eigenvalue weighted by molar-refractivity contribution is 0.407. The van der Waals surface area contributed by atoms with Gasteiger partial charge in [0.25, 0.3) is 0 Å². The van der Waals surface area contributed by atoms with Crippen LogP contribution in [0, 0.1) is 11.6 Å². The molecule has 0 N–H and O–H groups in total. The largest absolute Gasteiger partial charge is 0.306 e. The van der Waals surface area contributed by atoms with Gasteiger partial charge in [0.1, 0.15) is 11.6 Å². The number of hydrogen-bond acceptors (Lipinski definition) is 0. The van der Waals surface area contributed by atoms with Gasteiger partial charge < -0.3 is 0 Å². The van der Waals surface area contributed by atoms with Crippen molar-refractivity contribution in [2.45, 2.75) is 19.8 Å². The van der Waals surface area contributed by atoms with E-state index in [-0.39, 0.29) is 5.56 Å². The van der Waals surface area contributed by atoms with Crippen LogP contribution >= 0.6 is 0 Å². The van der Waals surface area contributed by atoms with Crippen molar-refractivity contribution in [2.24, 2.45) is 0 Å². The summed E-state index contributed by atoms with van der Waals surface area (Å²) < 4.78 is 65.0. The average molecular weight is 312 g/mol. The first-order valence-corrected chi connectivity index (χ1v) is 6.73. The zero-order valence-electron chi connectivity index (χ0n) is 11.8. The number of hydrogen-bond donors (Lipinski definition) is 0. The van der Waals surface area contributed by atoms with E-state index in [1.54, 1.807) is 12.1 Å². The van der Waals surface area contributed by atoms with Crippen LogP contribution in [0.1, 0.15) is 24.5 Å². The van der Waals surface area contributed by atoms with Crippen LogP contribution in [0.4, 0.5) is 22.0 Å². The molecule has 0 radical (unpaired) electrons. The molecular weight excluding hydrogens is 299 g/mol. The van der Waals surface area contributed by atoms with Gasteiger partial charge in [-0.1, -0.05) is 37.6 Å². The Hall–Kier alpha value is -2.17. The molecule has 22 heavy (non-hydrogen) atoms. The van der Waals surface area contributed by atoms with Gasteiger partial charge in [-0.2, -0.15) is 8.78 Å². The molecule has 2 aromatic rings. The van der Waals surface area contributed by atoms with Gasteiger partial charge in [0.15, 0.2) is 0 Å². The minimum atomic E-state index is -2.76. The van der Waals surface area contributed by atoms with Crippen LogP contribution < -0.4 is 0 Å². The molecule has 0 bridgehead atoms. The monoisotopic (exact) mass is 312 g/mol. The average Bonchev–Trinajstić information content (AvgIpc) is 2.47. The molecule has 0 heterocycles. The summed E-state index contributed by atoms with van der Waals surface area (Å²) in [7, 11) is 0. The molecule has 116 valence electrons. The Kier molecular flexibility index (Phi) is 4.96. The third kappa shape index (κ3) is 3.35. The van der Waals surface area contributed by atoms with Crippen molar-refractivity contribution in [3.8, 4) is 11.1 Å². The van der Waals surface area contributed by atoms with Crippen molar-refractivity contribution < 1.29 is 22.0 Å². The number of aryl methyl sites for hydroxylation is 1. The smallest absolute Gasteiger partial charge is 0.206 e. The first-order chi connectivity index (χ1) is 10.4. The minimum absolute atomic E-state index is 0.161. The summed E-state index contributed by atoms with van der Waals surface area (Å²) in [4.78, 5) is 0. The summed E-state index contributed by atoms with van der Waals surface area (Å²) in [6, 6.07) is 8.70. The molecule has 0 saturated carbocycles. The summed E-state index contributed by atoms with van der Waals surface area (Å²) >= 11 is 0. The third-order valence-electron chi connectivity index (χ3n) is 3.25. The summed E-state index contributed by atoms with van der Waals surface area (Å²) in [5.74, 6) is -4.91. The fraction of sp³-hybridized carbons (Fsp3) is 0.176. The molecule has 2 aromatic carbocycles. The van der Waals surface area contributed by atoms with Gasteiger partial charge in [-0.25, -0.2) is 13.2 Å². The van der Waals surface area contributed by atoms with Gasteiger partial charge in [0, 0.05) is 0 Å². The topological polar surface area (TPSA) is 0 Å². The predicted molar refractivity (Wildman–Crippen MR) is 76.0 cm³/mol. The van der Waals surface area contributed by atoms with Gasteiger partial charge >= 0.3 is 6.08 Å². The normalized spacial score (nSPS) is 10.6. The van der Waals surface area contributed by atoms with E-state index in [0.717, 1.165) is 30.5 Å². The SMILES string of the molecule is CCCc1ccc(-c2cc(F)c(C(F)=C(F)F)c(F)c2)cc1. The van der Waals surface area contributed by atoms with Gasteiger partial charge in [0.2, 0.25) is 5.83 Å². The van der Waals surface area contributed by atoms with Gasteiger partial charge in [-0.05, 0) is 35.2 Å². The van der Waals surface area contributed by atoms with Crippen LogP contribution in [-0.2, 0) is 6.42 Å². The zero-order valence-corrected chi connectivity index (χ0v) is 11.8. The van der Waals surface area contributed by atoms with Crippen molar-refractivity contribution in [2.75, 3.05) is 0 Å². The minimum Gasteiger partial charge on any atom is -0.206 e. The molecule has 0 atom stereocenters. The Morgan fingerprint density at radius 1 is 0.864 bits per heavy atom. The molecule has 0 unspecified atom stereocenters. The van der Waals surface area contributed by atoms with E-state index in [9.17, 15) is 22.0 Å². The van der Waals surface area contributed by atoms with Crippen molar-refractivity contribution >= 4 is 5.83 Å². The molecule has 2 rings (SSSR count). The van der Waals surface area contributed by atoms with E-state index < -0.39 is 29.1 Å². The highest BCUT2D eigenvalue weighted by Crippen LogP contribution is 2.31. The van der Waals surface area contributed by atoms with Crippen molar-refractivity contribution in [1.82, 2.24) is 0 Å². The summed E-state index contributed by atoms with van der Waals surface area (Å²) in [6.07, 6.45) is -0.903. The van der Waals surface area contributed by atoms with Crippen LogP contribution in [0.3, 0.4) is 0 Å². The van der Waals surface area contributed by atoms with E-state index in [4.69, 9.17) is 0 Å². The molecule has 0 nitrogen and oxygen atoms in total. The second-order valence-corrected chi connectivity index (χ2v) is 4.84. The first kappa shape index (κ1) is 16.2. The highest BCUT2D eigenvalue weighted by molar-refractivity contribution is 5.69. The number of rotatable bonds is 4. The zero-order chi connectivity index (χ0) is 16.3. The molecule has 0 aromatic heterocycles. The molecular formula is C17H13F5. The third-order valence-corrected chi connectivity index (χ3v) is 3.25. The molecule has 0 spiro atoms. The van der Waals surface area contributed by atoms with Crippen LogP contribution in [-0.4, -0.2) is 0 Å². The molecule has 0 fully saturated rings. The van der Waals surface area contributed by atoms with E-state index in [0.29, 0.717) is 5.56 Å². The van der Waals surface area contributed by atoms with Gasteiger partial charge in [0.05, 0.1) is 5.56 Å². The Bertz CT molecular complexity index is 674. The fourth-order valence-electron chi connectivity index (χ4n) is 2.20. The standard InChI is InChI=1S/C17H13F5/c1-2-3-10-4-6-11(7-5-10)12-8-13(18)15(14(19)9-12)16(20)17(21)22/h4-9H,2-3H2,1H3. The van der Waals surface area contributed by atoms with E-state index in [1.807, 2.05) is 19.1 Å². The Morgan fingerprint density at radius 3 is 1.86 bits per heavy atom. The maximum Gasteiger partial charge on any atom is 0.306 e. The molecule has 0 aliphatic rings. The Labute approximate surface area is 124 Å². The lowest BCUT2D eigenvalue weighted by Gasteiger charge is -2.08. The maximum atomic E-state index is 13.8. The van der Waals surface area contributed by atoms with Crippen LogP contribution in [0.25, 0.3) is 17.0 Å². The van der Waals surface area contributed by atoms with Crippen LogP contribution in [0.5, 0.6) is 0 Å². The highest BCUT2D eigenvalue weighted by atomic mass is 19.3. The molecule has 0 amide bonds. The number of benzene rings is 2. The van der Waals surface area contributed by atoms with Crippen LogP contribution in [0.15, 0.2) is 42.5 Å². The van der Waals surface area contributed by atoms with Crippen molar-refractivity contribution in [3.05, 3.63) is 65.2 Å². The summed E-state index contributed by atoms with van der Waals surface area (Å²) in [6.45, 7) is 2.03. The molecule has 0 aliphatic carbocycles. The Morgan fingerprint density at radius 2 is 1.41 bits per heavy atom. The number of halogens is 5.